The smallest absolute Gasteiger partial charge is 0.229 e. The van der Waals surface area contributed by atoms with Crippen LogP contribution in [0.15, 0.2) is 30.5 Å². The van der Waals surface area contributed by atoms with E-state index in [2.05, 4.69) is 53.3 Å². The van der Waals surface area contributed by atoms with Crippen molar-refractivity contribution in [2.24, 2.45) is 0 Å². The summed E-state index contributed by atoms with van der Waals surface area (Å²) in [5, 5.41) is 3.21. The van der Waals surface area contributed by atoms with Crippen LogP contribution in [0.2, 0.25) is 0 Å². The monoisotopic (exact) mass is 299 g/mol. The van der Waals surface area contributed by atoms with E-state index in [0.29, 0.717) is 11.8 Å². The lowest BCUT2D eigenvalue weighted by Gasteiger charge is -2.11. The van der Waals surface area contributed by atoms with Gasteiger partial charge in [0.25, 0.3) is 0 Å². The van der Waals surface area contributed by atoms with Crippen LogP contribution in [0.3, 0.4) is 0 Å². The Labute approximate surface area is 132 Å². The number of nitrogens with two attached hydrogens (primary N) is 1. The third kappa shape index (κ3) is 4.70. The Hall–Kier alpha value is -2.14. The Morgan fingerprint density at radius 2 is 2.09 bits per heavy atom. The first kappa shape index (κ1) is 16.2. The molecule has 1 aromatic heterocycles. The number of nitrogens with zero attached hydrogens (tertiary/aromatic N) is 3. The standard InChI is InChI=1S/C17H25N5/c1-4-13-7-5-9-15(11-13)20-17-19-12-14(16(18)21-17)8-6-10-22(2)3/h5,7,9,11-12H,4,6,8,10H2,1-3H3,(H3,18,19,20,21). The molecule has 1 aromatic carbocycles. The van der Waals surface area contributed by atoms with Gasteiger partial charge in [0.1, 0.15) is 5.82 Å². The summed E-state index contributed by atoms with van der Waals surface area (Å²) in [4.78, 5) is 10.9. The van der Waals surface area contributed by atoms with Gasteiger partial charge in [-0.3, -0.25) is 0 Å². The van der Waals surface area contributed by atoms with Gasteiger partial charge >= 0.3 is 0 Å². The Balaban J connectivity index is 2.02. The number of rotatable bonds is 7. The van der Waals surface area contributed by atoms with Crippen molar-refractivity contribution in [1.82, 2.24) is 14.9 Å². The molecule has 0 saturated carbocycles. The SMILES string of the molecule is CCc1cccc(Nc2ncc(CCCN(C)C)c(N)n2)c1. The summed E-state index contributed by atoms with van der Waals surface area (Å²) in [6.07, 6.45) is 4.77. The van der Waals surface area contributed by atoms with E-state index in [1.165, 1.54) is 5.56 Å². The van der Waals surface area contributed by atoms with Crippen LogP contribution in [0.4, 0.5) is 17.5 Å². The molecule has 118 valence electrons. The second-order valence-electron chi connectivity index (χ2n) is 5.69. The molecule has 0 spiro atoms. The van der Waals surface area contributed by atoms with E-state index in [0.717, 1.165) is 37.1 Å². The zero-order chi connectivity index (χ0) is 15.9. The summed E-state index contributed by atoms with van der Waals surface area (Å²) in [7, 11) is 4.13. The molecule has 22 heavy (non-hydrogen) atoms. The maximum absolute atomic E-state index is 6.04. The molecule has 5 heteroatoms. The predicted molar refractivity (Wildman–Crippen MR) is 92.4 cm³/mol. The lowest BCUT2D eigenvalue weighted by atomic mass is 10.1. The lowest BCUT2D eigenvalue weighted by molar-refractivity contribution is 0.400. The van der Waals surface area contributed by atoms with Crippen molar-refractivity contribution in [3.05, 3.63) is 41.6 Å². The molecule has 0 radical (unpaired) electrons. The van der Waals surface area contributed by atoms with Gasteiger partial charge in [-0.2, -0.15) is 4.98 Å². The lowest BCUT2D eigenvalue weighted by Crippen LogP contribution is -2.14. The molecule has 0 atom stereocenters. The summed E-state index contributed by atoms with van der Waals surface area (Å²) in [6.45, 7) is 3.17. The Morgan fingerprint density at radius 1 is 1.27 bits per heavy atom. The average molecular weight is 299 g/mol. The number of nitrogen functional groups attached to an aromatic ring is 1. The fourth-order valence-electron chi connectivity index (χ4n) is 2.26. The highest BCUT2D eigenvalue weighted by atomic mass is 15.1. The molecular weight excluding hydrogens is 274 g/mol. The van der Waals surface area contributed by atoms with Gasteiger partial charge < -0.3 is 16.0 Å². The zero-order valence-electron chi connectivity index (χ0n) is 13.6. The maximum atomic E-state index is 6.04. The van der Waals surface area contributed by atoms with Crippen LogP contribution in [0.1, 0.15) is 24.5 Å². The van der Waals surface area contributed by atoms with E-state index >= 15 is 0 Å². The molecule has 2 aromatic rings. The van der Waals surface area contributed by atoms with E-state index in [-0.39, 0.29) is 0 Å². The minimum Gasteiger partial charge on any atom is -0.383 e. The van der Waals surface area contributed by atoms with E-state index < -0.39 is 0 Å². The van der Waals surface area contributed by atoms with Crippen LogP contribution in [0, 0.1) is 0 Å². The summed E-state index contributed by atoms with van der Waals surface area (Å²) in [5.74, 6) is 1.10. The Kier molecular flexibility index (Phi) is 5.72. The number of nitrogens with one attached hydrogen (secondary N) is 1. The van der Waals surface area contributed by atoms with Gasteiger partial charge in [0.05, 0.1) is 0 Å². The van der Waals surface area contributed by atoms with Gasteiger partial charge in [-0.1, -0.05) is 19.1 Å². The first-order valence-corrected chi connectivity index (χ1v) is 7.70. The normalized spacial score (nSPS) is 10.9. The Bertz CT molecular complexity index is 610. The molecule has 3 N–H and O–H groups in total. The van der Waals surface area contributed by atoms with E-state index in [4.69, 9.17) is 5.73 Å². The Morgan fingerprint density at radius 3 is 2.77 bits per heavy atom. The number of hydrogen-bond donors (Lipinski definition) is 2. The molecule has 5 nitrogen and oxygen atoms in total. The number of anilines is 3. The topological polar surface area (TPSA) is 67.1 Å². The van der Waals surface area contributed by atoms with Crippen LogP contribution in [-0.4, -0.2) is 35.5 Å². The summed E-state index contributed by atoms with van der Waals surface area (Å²) < 4.78 is 0. The third-order valence-corrected chi connectivity index (χ3v) is 3.54. The number of aromatic nitrogens is 2. The van der Waals surface area contributed by atoms with Crippen molar-refractivity contribution in [3.8, 4) is 0 Å². The minimum atomic E-state index is 0.544. The van der Waals surface area contributed by atoms with Crippen LogP contribution in [0.5, 0.6) is 0 Å². The minimum absolute atomic E-state index is 0.544. The molecule has 0 fully saturated rings. The molecule has 0 aliphatic heterocycles. The van der Waals surface area contributed by atoms with Gasteiger partial charge in [-0.15, -0.1) is 0 Å². The van der Waals surface area contributed by atoms with Crippen LogP contribution in [-0.2, 0) is 12.8 Å². The molecule has 0 aliphatic carbocycles. The summed E-state index contributed by atoms with van der Waals surface area (Å²) >= 11 is 0. The van der Waals surface area contributed by atoms with Gasteiger partial charge in [0, 0.05) is 17.4 Å². The quantitative estimate of drug-likeness (QED) is 0.823. The van der Waals surface area contributed by atoms with Gasteiger partial charge in [-0.25, -0.2) is 4.98 Å². The summed E-state index contributed by atoms with van der Waals surface area (Å²) in [6, 6.07) is 8.24. The molecule has 0 bridgehead atoms. The highest BCUT2D eigenvalue weighted by Crippen LogP contribution is 2.18. The molecule has 0 aliphatic rings. The first-order valence-electron chi connectivity index (χ1n) is 7.70. The zero-order valence-corrected chi connectivity index (χ0v) is 13.6. The van der Waals surface area contributed by atoms with Crippen molar-refractivity contribution < 1.29 is 0 Å². The van der Waals surface area contributed by atoms with Crippen LogP contribution >= 0.6 is 0 Å². The highest BCUT2D eigenvalue weighted by molar-refractivity contribution is 5.56. The van der Waals surface area contributed by atoms with Gasteiger partial charge in [-0.05, 0) is 57.6 Å². The van der Waals surface area contributed by atoms with Crippen LogP contribution < -0.4 is 11.1 Å². The first-order chi connectivity index (χ1) is 10.6. The van der Waals surface area contributed by atoms with E-state index in [1.807, 2.05) is 18.3 Å². The molecular formula is C17H25N5. The average Bonchev–Trinajstić information content (AvgIpc) is 2.49. The molecule has 0 saturated heterocycles. The molecule has 1 heterocycles. The van der Waals surface area contributed by atoms with Crippen molar-refractivity contribution in [2.75, 3.05) is 31.7 Å². The number of benzene rings is 1. The van der Waals surface area contributed by atoms with Crippen LogP contribution in [0.25, 0.3) is 0 Å². The number of hydrogen-bond acceptors (Lipinski definition) is 5. The molecule has 0 amide bonds. The van der Waals surface area contributed by atoms with Crippen molar-refractivity contribution >= 4 is 17.5 Å². The van der Waals surface area contributed by atoms with E-state index in [1.54, 1.807) is 0 Å². The van der Waals surface area contributed by atoms with Gasteiger partial charge in [0.15, 0.2) is 0 Å². The second kappa shape index (κ2) is 7.75. The number of aryl methyl sites for hydroxylation is 2. The van der Waals surface area contributed by atoms with Crippen molar-refractivity contribution in [1.29, 1.82) is 0 Å². The third-order valence-electron chi connectivity index (χ3n) is 3.54. The van der Waals surface area contributed by atoms with E-state index in [9.17, 15) is 0 Å². The van der Waals surface area contributed by atoms with Crippen molar-refractivity contribution in [2.45, 2.75) is 26.2 Å². The fourth-order valence-corrected chi connectivity index (χ4v) is 2.26. The van der Waals surface area contributed by atoms with Gasteiger partial charge in [0.2, 0.25) is 5.95 Å². The molecule has 0 unspecified atom stereocenters. The highest BCUT2D eigenvalue weighted by Gasteiger charge is 2.05. The second-order valence-corrected chi connectivity index (χ2v) is 5.69. The fraction of sp³-hybridized carbons (Fsp3) is 0.412. The van der Waals surface area contributed by atoms with Crippen molar-refractivity contribution in [3.63, 3.8) is 0 Å². The maximum Gasteiger partial charge on any atom is 0.229 e. The predicted octanol–water partition coefficient (Wildman–Crippen LogP) is 2.86. The largest absolute Gasteiger partial charge is 0.383 e. The summed E-state index contributed by atoms with van der Waals surface area (Å²) in [5.41, 5.74) is 9.31. The molecule has 2 rings (SSSR count).